The highest BCUT2D eigenvalue weighted by Gasteiger charge is 2.27. The molecule has 0 amide bonds. The maximum atomic E-state index is 10.3. The summed E-state index contributed by atoms with van der Waals surface area (Å²) in [4.78, 5) is 0. The van der Waals surface area contributed by atoms with Crippen LogP contribution in [0.2, 0.25) is 0 Å². The van der Waals surface area contributed by atoms with E-state index in [2.05, 4.69) is 66.7 Å². The van der Waals surface area contributed by atoms with Crippen molar-refractivity contribution in [3.63, 3.8) is 0 Å². The zero-order valence-electron chi connectivity index (χ0n) is 28.4. The molecule has 1 aliphatic rings. The first kappa shape index (κ1) is 34.2. The zero-order valence-corrected chi connectivity index (χ0v) is 28.4. The molecule has 234 valence electrons. The van der Waals surface area contributed by atoms with Crippen molar-refractivity contribution in [1.29, 1.82) is 0 Å². The largest absolute Gasteiger partial charge is 0.508 e. The van der Waals surface area contributed by atoms with Gasteiger partial charge in [-0.1, -0.05) is 90.4 Å². The van der Waals surface area contributed by atoms with Crippen LogP contribution in [0.1, 0.15) is 133 Å². The Bertz CT molecular complexity index is 1170. The molecule has 0 heterocycles. The van der Waals surface area contributed by atoms with Gasteiger partial charge in [0.25, 0.3) is 0 Å². The number of benzene rings is 2. The summed E-state index contributed by atoms with van der Waals surface area (Å²) in [6, 6.07) is 6.08. The highest BCUT2D eigenvalue weighted by atomic mass is 16.5. The summed E-state index contributed by atoms with van der Waals surface area (Å²) in [5.74, 6) is 3.84. The molecule has 3 atom stereocenters. The Hall–Kier alpha value is -2.26. The summed E-state index contributed by atoms with van der Waals surface area (Å²) in [6.07, 6.45) is 16.1. The van der Waals surface area contributed by atoms with Gasteiger partial charge in [0.05, 0.1) is 19.8 Å². The van der Waals surface area contributed by atoms with E-state index in [1.165, 1.54) is 90.3 Å². The van der Waals surface area contributed by atoms with Crippen LogP contribution in [0.4, 0.5) is 0 Å². The van der Waals surface area contributed by atoms with E-state index in [9.17, 15) is 5.11 Å². The molecular formula is C39H60O3. The molecule has 3 heteroatoms. The second-order valence-corrected chi connectivity index (χ2v) is 13.8. The van der Waals surface area contributed by atoms with Crippen molar-refractivity contribution < 1.29 is 14.6 Å². The maximum absolute atomic E-state index is 10.3. The summed E-state index contributed by atoms with van der Waals surface area (Å²) < 4.78 is 12.2. The minimum Gasteiger partial charge on any atom is -0.508 e. The Morgan fingerprint density at radius 1 is 0.857 bits per heavy atom. The van der Waals surface area contributed by atoms with Crippen molar-refractivity contribution in [2.75, 3.05) is 13.7 Å². The van der Waals surface area contributed by atoms with Crippen LogP contribution in [0.5, 0.6) is 11.5 Å². The van der Waals surface area contributed by atoms with Crippen LogP contribution < -0.4 is 4.74 Å². The summed E-state index contributed by atoms with van der Waals surface area (Å²) in [7, 11) is 1.76. The minimum absolute atomic E-state index is 0.0647. The minimum atomic E-state index is -0.0647. The van der Waals surface area contributed by atoms with Crippen LogP contribution in [0.3, 0.4) is 0 Å². The fourth-order valence-corrected chi connectivity index (χ4v) is 6.78. The lowest BCUT2D eigenvalue weighted by molar-refractivity contribution is 0.0883. The van der Waals surface area contributed by atoms with E-state index in [0.29, 0.717) is 12.4 Å². The number of phenols is 1. The zero-order chi connectivity index (χ0) is 30.8. The third-order valence-corrected chi connectivity index (χ3v) is 9.74. The highest BCUT2D eigenvalue weighted by Crippen LogP contribution is 2.45. The topological polar surface area (TPSA) is 38.7 Å². The number of aromatic hydroxyl groups is 1. The van der Waals surface area contributed by atoms with Gasteiger partial charge in [0.2, 0.25) is 0 Å². The van der Waals surface area contributed by atoms with Crippen molar-refractivity contribution in [2.45, 2.75) is 132 Å². The fourth-order valence-electron chi connectivity index (χ4n) is 6.78. The van der Waals surface area contributed by atoms with Crippen molar-refractivity contribution in [3.05, 3.63) is 57.7 Å². The average Bonchev–Trinajstić information content (AvgIpc) is 2.94. The number of hydrogen-bond acceptors (Lipinski definition) is 3. The molecule has 0 saturated heterocycles. The van der Waals surface area contributed by atoms with Crippen LogP contribution in [-0.4, -0.2) is 18.8 Å². The van der Waals surface area contributed by atoms with Crippen molar-refractivity contribution in [1.82, 2.24) is 0 Å². The number of methoxy groups -OCH3 is 1. The van der Waals surface area contributed by atoms with Gasteiger partial charge in [-0.2, -0.15) is 0 Å². The summed E-state index contributed by atoms with van der Waals surface area (Å²) in [6.45, 7) is 18.8. The summed E-state index contributed by atoms with van der Waals surface area (Å²) in [5, 5.41) is 10.3. The first-order valence-corrected chi connectivity index (χ1v) is 16.8. The van der Waals surface area contributed by atoms with E-state index in [0.717, 1.165) is 48.3 Å². The Balaban J connectivity index is 1.51. The molecular weight excluding hydrogens is 516 g/mol. The summed E-state index contributed by atoms with van der Waals surface area (Å²) in [5.41, 5.74) is 9.89. The molecule has 1 aliphatic carbocycles. The van der Waals surface area contributed by atoms with Crippen LogP contribution in [0.25, 0.3) is 11.1 Å². The molecule has 0 unspecified atom stereocenters. The molecule has 0 bridgehead atoms. The molecule has 0 radical (unpaired) electrons. The Morgan fingerprint density at radius 3 is 2.12 bits per heavy atom. The van der Waals surface area contributed by atoms with Crippen molar-refractivity contribution >= 4 is 0 Å². The lowest BCUT2D eigenvalue weighted by Crippen LogP contribution is -2.13. The Morgan fingerprint density at radius 2 is 1.48 bits per heavy atom. The molecule has 2 aromatic rings. The maximum Gasteiger partial charge on any atom is 0.122 e. The lowest BCUT2D eigenvalue weighted by Gasteiger charge is -2.29. The van der Waals surface area contributed by atoms with Crippen LogP contribution in [0.15, 0.2) is 29.8 Å². The van der Waals surface area contributed by atoms with E-state index in [1.807, 2.05) is 13.0 Å². The van der Waals surface area contributed by atoms with Crippen LogP contribution in [0, 0.1) is 31.6 Å². The van der Waals surface area contributed by atoms with Gasteiger partial charge < -0.3 is 14.6 Å². The van der Waals surface area contributed by atoms with E-state index in [1.54, 1.807) is 7.11 Å². The molecule has 42 heavy (non-hydrogen) atoms. The predicted molar refractivity (Wildman–Crippen MR) is 180 cm³/mol. The Labute approximate surface area is 258 Å². The predicted octanol–water partition coefficient (Wildman–Crippen LogP) is 11.2. The molecule has 0 aromatic heterocycles. The van der Waals surface area contributed by atoms with Gasteiger partial charge in [0, 0.05) is 0 Å². The fraction of sp³-hybridized carbons (Fsp3) is 0.641. The standard InChI is InChI=1S/C39H60O3/c1-26(2)13-10-14-27(3)15-11-16-28(4)17-12-18-29(5)23-24-42-32(8)36-25-38(41-9)31(7)34-20-19-33-30(6)37(40)22-21-35(33)39(34)36/h21-23,25-28,32,40H,10-20,24H2,1-9H3/b29-23+/t27-,28-,32+/m1/s1. The van der Waals surface area contributed by atoms with Crippen LogP contribution >= 0.6 is 0 Å². The molecule has 1 N–H and O–H groups in total. The average molecular weight is 577 g/mol. The number of phenolic OH excluding ortho intramolecular Hbond substituents is 1. The van der Waals surface area contributed by atoms with E-state index >= 15 is 0 Å². The van der Waals surface area contributed by atoms with Gasteiger partial charge in [0.15, 0.2) is 0 Å². The van der Waals surface area contributed by atoms with Gasteiger partial charge in [-0.15, -0.1) is 0 Å². The number of fused-ring (bicyclic) bond motifs is 3. The Kier molecular flexibility index (Phi) is 13.5. The third-order valence-electron chi connectivity index (χ3n) is 9.74. The van der Waals surface area contributed by atoms with Gasteiger partial charge in [0.1, 0.15) is 11.5 Å². The lowest BCUT2D eigenvalue weighted by atomic mass is 9.78. The molecule has 0 aliphatic heterocycles. The van der Waals surface area contributed by atoms with Crippen molar-refractivity contribution in [3.8, 4) is 22.6 Å². The number of hydrogen-bond donors (Lipinski definition) is 1. The molecule has 0 spiro atoms. The summed E-state index contributed by atoms with van der Waals surface area (Å²) >= 11 is 0. The first-order valence-electron chi connectivity index (χ1n) is 16.8. The van der Waals surface area contributed by atoms with E-state index < -0.39 is 0 Å². The van der Waals surface area contributed by atoms with Gasteiger partial charge in [-0.05, 0) is 122 Å². The van der Waals surface area contributed by atoms with E-state index in [4.69, 9.17) is 9.47 Å². The molecule has 2 aromatic carbocycles. The second-order valence-electron chi connectivity index (χ2n) is 13.8. The van der Waals surface area contributed by atoms with Gasteiger partial charge in [-0.3, -0.25) is 0 Å². The molecule has 3 nitrogen and oxygen atoms in total. The number of rotatable bonds is 17. The van der Waals surface area contributed by atoms with Crippen LogP contribution in [-0.2, 0) is 17.6 Å². The van der Waals surface area contributed by atoms with Gasteiger partial charge in [-0.25, -0.2) is 0 Å². The SMILES string of the molecule is COc1cc([C@H](C)OC/C=C(\C)CCC[C@H](C)CCC[C@H](C)CCCC(C)C)c2c(c1C)CCc1c-2ccc(O)c1C. The number of allylic oxidation sites excluding steroid dienone is 1. The number of ether oxygens (including phenoxy) is 2. The van der Waals surface area contributed by atoms with E-state index in [-0.39, 0.29) is 6.10 Å². The quantitative estimate of drug-likeness (QED) is 0.190. The monoisotopic (exact) mass is 576 g/mol. The van der Waals surface area contributed by atoms with Gasteiger partial charge >= 0.3 is 0 Å². The normalized spacial score (nSPS) is 15.3. The second kappa shape index (κ2) is 16.6. The van der Waals surface area contributed by atoms with Crippen molar-refractivity contribution in [2.24, 2.45) is 17.8 Å². The smallest absolute Gasteiger partial charge is 0.122 e. The molecule has 0 fully saturated rings. The first-order chi connectivity index (χ1) is 20.0. The highest BCUT2D eigenvalue weighted by molar-refractivity contribution is 5.80. The molecule has 3 rings (SSSR count). The third kappa shape index (κ3) is 9.37. The molecule has 0 saturated carbocycles.